The second-order valence-corrected chi connectivity index (χ2v) is 7.62. The molecule has 0 bridgehead atoms. The summed E-state index contributed by atoms with van der Waals surface area (Å²) in [7, 11) is 0. The van der Waals surface area contributed by atoms with E-state index in [-0.39, 0.29) is 36.0 Å². The number of oxazole rings is 1. The number of hydrogen-bond donors (Lipinski definition) is 2. The van der Waals surface area contributed by atoms with Crippen LogP contribution in [0.15, 0.2) is 34.9 Å². The van der Waals surface area contributed by atoms with Crippen molar-refractivity contribution in [2.45, 2.75) is 34.2 Å². The Morgan fingerprint density at radius 1 is 1.17 bits per heavy atom. The number of nitriles is 1. The lowest BCUT2D eigenvalue weighted by Gasteiger charge is -2.23. The predicted octanol–water partition coefficient (Wildman–Crippen LogP) is 3.62. The van der Waals surface area contributed by atoms with Gasteiger partial charge in [-0.25, -0.2) is 9.78 Å². The van der Waals surface area contributed by atoms with Crippen molar-refractivity contribution < 1.29 is 14.0 Å². The molecule has 0 unspecified atom stereocenters. The average molecular weight is 397 g/mol. The first-order valence-corrected chi connectivity index (χ1v) is 9.57. The minimum absolute atomic E-state index is 0.137. The number of rotatable bonds is 8. The van der Waals surface area contributed by atoms with Crippen LogP contribution in [0.25, 0.3) is 0 Å². The average Bonchev–Trinajstić information content (AvgIpc) is 3.14. The molecule has 0 spiro atoms. The number of amides is 3. The molecule has 0 aliphatic carbocycles. The molecule has 8 heteroatoms. The van der Waals surface area contributed by atoms with Gasteiger partial charge in [-0.1, -0.05) is 27.7 Å². The number of carbonyl (C=O) groups is 2. The van der Waals surface area contributed by atoms with Crippen molar-refractivity contribution in [3.63, 3.8) is 0 Å². The summed E-state index contributed by atoms with van der Waals surface area (Å²) in [6, 6.07) is 8.35. The fourth-order valence-electron chi connectivity index (χ4n) is 2.53. The maximum atomic E-state index is 12.7. The first-order chi connectivity index (χ1) is 13.8. The Labute approximate surface area is 170 Å². The third kappa shape index (κ3) is 6.96. The van der Waals surface area contributed by atoms with E-state index in [2.05, 4.69) is 15.6 Å². The minimum atomic E-state index is -0.313. The summed E-state index contributed by atoms with van der Waals surface area (Å²) >= 11 is 0. The lowest BCUT2D eigenvalue weighted by atomic mass is 10.2. The fraction of sp³-hybridized carbons (Fsp3) is 0.429. The molecular formula is C21H27N5O3. The molecule has 0 aliphatic heterocycles. The number of urea groups is 1. The summed E-state index contributed by atoms with van der Waals surface area (Å²) < 4.78 is 5.41. The minimum Gasteiger partial charge on any atom is -0.446 e. The molecule has 0 saturated carbocycles. The van der Waals surface area contributed by atoms with E-state index in [0.29, 0.717) is 30.3 Å². The molecule has 8 nitrogen and oxygen atoms in total. The van der Waals surface area contributed by atoms with Crippen LogP contribution in [0.4, 0.5) is 10.5 Å². The van der Waals surface area contributed by atoms with E-state index < -0.39 is 0 Å². The Bertz CT molecular complexity index is 865. The summed E-state index contributed by atoms with van der Waals surface area (Å²) in [5, 5.41) is 14.5. The highest BCUT2D eigenvalue weighted by Gasteiger charge is 2.20. The molecule has 1 aromatic carbocycles. The first kappa shape index (κ1) is 22.0. The number of carbonyl (C=O) groups excluding carboxylic acids is 2. The molecule has 3 amide bonds. The Morgan fingerprint density at radius 3 is 2.45 bits per heavy atom. The largest absolute Gasteiger partial charge is 0.446 e. The van der Waals surface area contributed by atoms with Gasteiger partial charge in [-0.2, -0.15) is 5.26 Å². The van der Waals surface area contributed by atoms with Gasteiger partial charge in [-0.3, -0.25) is 4.79 Å². The maximum Gasteiger partial charge on any atom is 0.322 e. The zero-order chi connectivity index (χ0) is 21.4. The van der Waals surface area contributed by atoms with E-state index in [1.54, 1.807) is 29.2 Å². The van der Waals surface area contributed by atoms with Gasteiger partial charge < -0.3 is 20.0 Å². The molecule has 2 aromatic rings. The van der Waals surface area contributed by atoms with Gasteiger partial charge in [0.25, 0.3) is 5.91 Å². The van der Waals surface area contributed by atoms with E-state index in [4.69, 9.17) is 9.68 Å². The van der Waals surface area contributed by atoms with Gasteiger partial charge in [0.15, 0.2) is 5.69 Å². The lowest BCUT2D eigenvalue weighted by Crippen LogP contribution is -2.37. The van der Waals surface area contributed by atoms with Crippen molar-refractivity contribution in [3.05, 3.63) is 47.7 Å². The highest BCUT2D eigenvalue weighted by molar-refractivity contribution is 5.92. The Kier molecular flexibility index (Phi) is 7.78. The SMILES string of the molecule is CC(C)CNC(=O)c1coc(CN(CC(C)C)C(=O)Nc2ccc(C#N)cc2)n1. The number of aromatic nitrogens is 1. The van der Waals surface area contributed by atoms with Gasteiger partial charge in [0.1, 0.15) is 6.26 Å². The standard InChI is InChI=1S/C21H27N5O3/c1-14(2)10-23-20(27)18-13-29-19(25-18)12-26(11-15(3)4)21(28)24-17-7-5-16(9-22)6-8-17/h5-8,13-15H,10-12H2,1-4H3,(H,23,27)(H,24,28). The Balaban J connectivity index is 2.05. The van der Waals surface area contributed by atoms with Crippen molar-refractivity contribution in [2.24, 2.45) is 11.8 Å². The third-order valence-electron chi connectivity index (χ3n) is 3.92. The molecule has 0 fully saturated rings. The van der Waals surface area contributed by atoms with Crippen molar-refractivity contribution >= 4 is 17.6 Å². The molecule has 29 heavy (non-hydrogen) atoms. The van der Waals surface area contributed by atoms with Crippen molar-refractivity contribution in [1.82, 2.24) is 15.2 Å². The molecule has 2 rings (SSSR count). The summed E-state index contributed by atoms with van der Waals surface area (Å²) in [6.07, 6.45) is 1.30. The normalized spacial score (nSPS) is 10.7. The van der Waals surface area contributed by atoms with E-state index in [9.17, 15) is 9.59 Å². The molecule has 2 N–H and O–H groups in total. The summed E-state index contributed by atoms with van der Waals surface area (Å²) in [4.78, 5) is 30.6. The van der Waals surface area contributed by atoms with E-state index in [1.807, 2.05) is 33.8 Å². The van der Waals surface area contributed by atoms with E-state index >= 15 is 0 Å². The van der Waals surface area contributed by atoms with Crippen molar-refractivity contribution in [3.8, 4) is 6.07 Å². The highest BCUT2D eigenvalue weighted by Crippen LogP contribution is 2.13. The fourth-order valence-corrected chi connectivity index (χ4v) is 2.53. The molecule has 0 saturated heterocycles. The molecule has 0 radical (unpaired) electrons. The van der Waals surface area contributed by atoms with Crippen LogP contribution in [-0.4, -0.2) is 34.9 Å². The number of nitrogens with one attached hydrogen (secondary N) is 2. The van der Waals surface area contributed by atoms with Gasteiger partial charge in [-0.05, 0) is 36.1 Å². The predicted molar refractivity (Wildman–Crippen MR) is 109 cm³/mol. The van der Waals surface area contributed by atoms with Crippen molar-refractivity contribution in [1.29, 1.82) is 5.26 Å². The zero-order valence-electron chi connectivity index (χ0n) is 17.2. The summed E-state index contributed by atoms with van der Waals surface area (Å²) in [5.41, 5.74) is 1.30. The van der Waals surface area contributed by atoms with Gasteiger partial charge in [0.05, 0.1) is 18.2 Å². The van der Waals surface area contributed by atoms with E-state index in [0.717, 1.165) is 0 Å². The molecule has 0 atom stereocenters. The number of anilines is 1. The number of hydrogen-bond acceptors (Lipinski definition) is 5. The maximum absolute atomic E-state index is 12.7. The van der Waals surface area contributed by atoms with Gasteiger partial charge >= 0.3 is 6.03 Å². The van der Waals surface area contributed by atoms with Crippen LogP contribution in [0.3, 0.4) is 0 Å². The van der Waals surface area contributed by atoms with Gasteiger partial charge in [0.2, 0.25) is 5.89 Å². The molecule has 0 aliphatic rings. The van der Waals surface area contributed by atoms with Crippen LogP contribution >= 0.6 is 0 Å². The zero-order valence-corrected chi connectivity index (χ0v) is 17.2. The Hall–Kier alpha value is -3.34. The monoisotopic (exact) mass is 397 g/mol. The van der Waals surface area contributed by atoms with E-state index in [1.165, 1.54) is 6.26 Å². The first-order valence-electron chi connectivity index (χ1n) is 9.57. The third-order valence-corrected chi connectivity index (χ3v) is 3.92. The van der Waals surface area contributed by atoms with Crippen LogP contribution in [-0.2, 0) is 6.54 Å². The second-order valence-electron chi connectivity index (χ2n) is 7.62. The number of nitrogens with zero attached hydrogens (tertiary/aromatic N) is 3. The topological polar surface area (TPSA) is 111 Å². The molecule has 154 valence electrons. The lowest BCUT2D eigenvalue weighted by molar-refractivity contribution is 0.0944. The molecular weight excluding hydrogens is 370 g/mol. The van der Waals surface area contributed by atoms with Crippen LogP contribution in [0, 0.1) is 23.2 Å². The summed E-state index contributed by atoms with van der Waals surface area (Å²) in [5.74, 6) is 0.546. The Morgan fingerprint density at radius 2 is 1.86 bits per heavy atom. The van der Waals surface area contributed by atoms with Crippen LogP contribution in [0.1, 0.15) is 49.6 Å². The smallest absolute Gasteiger partial charge is 0.322 e. The van der Waals surface area contributed by atoms with Crippen LogP contribution < -0.4 is 10.6 Å². The summed E-state index contributed by atoms with van der Waals surface area (Å²) in [6.45, 7) is 9.19. The van der Waals surface area contributed by atoms with Gasteiger partial charge in [-0.15, -0.1) is 0 Å². The molecule has 1 heterocycles. The second kappa shape index (κ2) is 10.3. The molecule has 1 aromatic heterocycles. The van der Waals surface area contributed by atoms with Crippen LogP contribution in [0.5, 0.6) is 0 Å². The van der Waals surface area contributed by atoms with Crippen LogP contribution in [0.2, 0.25) is 0 Å². The quantitative estimate of drug-likeness (QED) is 0.707. The van der Waals surface area contributed by atoms with Gasteiger partial charge in [0, 0.05) is 18.8 Å². The highest BCUT2D eigenvalue weighted by atomic mass is 16.3. The van der Waals surface area contributed by atoms with Crippen molar-refractivity contribution in [2.75, 3.05) is 18.4 Å². The number of benzene rings is 1.